The SMILES string of the molecule is CC(C)CC1(C)NC(C)(C)CN(C(C)C)C12OO2. The van der Waals surface area contributed by atoms with Crippen LogP contribution in [0, 0.1) is 5.92 Å². The van der Waals surface area contributed by atoms with Crippen LogP contribution in [-0.2, 0) is 9.78 Å². The number of hydrogen-bond acceptors (Lipinski definition) is 4. The second kappa shape index (κ2) is 4.17. The lowest BCUT2D eigenvalue weighted by atomic mass is 9.80. The highest BCUT2D eigenvalue weighted by molar-refractivity contribution is 5.10. The van der Waals surface area contributed by atoms with E-state index in [4.69, 9.17) is 9.78 Å². The summed E-state index contributed by atoms with van der Waals surface area (Å²) < 4.78 is 0. The summed E-state index contributed by atoms with van der Waals surface area (Å²) in [7, 11) is 0. The highest BCUT2D eigenvalue weighted by Gasteiger charge is 2.71. The van der Waals surface area contributed by atoms with Crippen LogP contribution in [0.1, 0.15) is 54.9 Å². The Balaban J connectivity index is 2.32. The van der Waals surface area contributed by atoms with Crippen molar-refractivity contribution in [2.45, 2.75) is 77.9 Å². The van der Waals surface area contributed by atoms with E-state index in [0.29, 0.717) is 12.0 Å². The number of hydrogen-bond donors (Lipinski definition) is 1. The molecule has 0 aromatic carbocycles. The van der Waals surface area contributed by atoms with Crippen LogP contribution in [0.5, 0.6) is 0 Å². The van der Waals surface area contributed by atoms with Gasteiger partial charge in [-0.3, -0.25) is 5.32 Å². The summed E-state index contributed by atoms with van der Waals surface area (Å²) in [6.07, 6.45) is 1.03. The van der Waals surface area contributed by atoms with Crippen LogP contribution in [0.3, 0.4) is 0 Å². The van der Waals surface area contributed by atoms with Crippen molar-refractivity contribution in [1.82, 2.24) is 10.2 Å². The van der Waals surface area contributed by atoms with Gasteiger partial charge in [0.15, 0.2) is 0 Å². The molecule has 0 aromatic rings. The van der Waals surface area contributed by atoms with Gasteiger partial charge in [0.1, 0.15) is 0 Å². The quantitative estimate of drug-likeness (QED) is 0.622. The van der Waals surface area contributed by atoms with Crippen molar-refractivity contribution in [3.63, 3.8) is 0 Å². The van der Waals surface area contributed by atoms with Gasteiger partial charge in [-0.1, -0.05) is 13.8 Å². The average molecular weight is 256 g/mol. The summed E-state index contributed by atoms with van der Waals surface area (Å²) in [5.74, 6) is 0.0242. The molecule has 1 N–H and O–H groups in total. The summed E-state index contributed by atoms with van der Waals surface area (Å²) in [4.78, 5) is 13.3. The van der Waals surface area contributed by atoms with Gasteiger partial charge < -0.3 is 0 Å². The van der Waals surface area contributed by atoms with Gasteiger partial charge >= 0.3 is 5.91 Å². The number of nitrogens with one attached hydrogen (secondary N) is 1. The van der Waals surface area contributed by atoms with Crippen LogP contribution in [-0.4, -0.2) is 34.5 Å². The fourth-order valence-electron chi connectivity index (χ4n) is 3.55. The van der Waals surface area contributed by atoms with Gasteiger partial charge in [0, 0.05) is 18.1 Å². The van der Waals surface area contributed by atoms with Crippen LogP contribution < -0.4 is 5.32 Å². The number of piperazine rings is 1. The molecule has 18 heavy (non-hydrogen) atoms. The molecule has 0 aromatic heterocycles. The molecule has 0 bridgehead atoms. The lowest BCUT2D eigenvalue weighted by Crippen LogP contribution is -2.75. The molecule has 0 amide bonds. The van der Waals surface area contributed by atoms with Crippen molar-refractivity contribution in [2.24, 2.45) is 5.92 Å². The zero-order valence-corrected chi connectivity index (χ0v) is 12.8. The van der Waals surface area contributed by atoms with Crippen molar-refractivity contribution >= 4 is 0 Å². The molecule has 1 unspecified atom stereocenters. The van der Waals surface area contributed by atoms with E-state index < -0.39 is 5.91 Å². The molecule has 4 nitrogen and oxygen atoms in total. The summed E-state index contributed by atoms with van der Waals surface area (Å²) in [5.41, 5.74) is -0.109. The normalized spacial score (nSPS) is 34.5. The third kappa shape index (κ3) is 2.20. The largest absolute Gasteiger partial charge is 0.308 e. The third-order valence-corrected chi connectivity index (χ3v) is 3.94. The van der Waals surface area contributed by atoms with E-state index in [1.165, 1.54) is 0 Å². The minimum Gasteiger partial charge on any atom is -0.299 e. The maximum atomic E-state index is 5.48. The van der Waals surface area contributed by atoms with Crippen molar-refractivity contribution in [2.75, 3.05) is 6.54 Å². The van der Waals surface area contributed by atoms with Gasteiger partial charge in [0.25, 0.3) is 0 Å². The Hall–Kier alpha value is -0.160. The van der Waals surface area contributed by atoms with Crippen LogP contribution in [0.2, 0.25) is 0 Å². The molecule has 1 spiro atoms. The van der Waals surface area contributed by atoms with Gasteiger partial charge in [0.2, 0.25) is 0 Å². The first-order valence-corrected chi connectivity index (χ1v) is 7.05. The Labute approximate surface area is 111 Å². The summed E-state index contributed by atoms with van der Waals surface area (Å²) in [6, 6.07) is 0.403. The Morgan fingerprint density at radius 1 is 1.11 bits per heavy atom. The topological polar surface area (TPSA) is 40.3 Å². The summed E-state index contributed by atoms with van der Waals surface area (Å²) >= 11 is 0. The maximum absolute atomic E-state index is 5.48. The van der Waals surface area contributed by atoms with Crippen molar-refractivity contribution in [3.8, 4) is 0 Å². The molecule has 2 aliphatic heterocycles. The first kappa shape index (κ1) is 14.3. The van der Waals surface area contributed by atoms with E-state index in [1.807, 2.05) is 0 Å². The van der Waals surface area contributed by atoms with E-state index in [-0.39, 0.29) is 11.1 Å². The standard InChI is InChI=1S/C14H28N2O2/c1-10(2)8-13(7)14(17-18-14)16(11(3)4)9-12(5,6)15-13/h10-11,15H,8-9H2,1-7H3. The maximum Gasteiger partial charge on any atom is 0.308 e. The first-order valence-electron chi connectivity index (χ1n) is 7.05. The van der Waals surface area contributed by atoms with E-state index in [2.05, 4.69) is 58.7 Å². The summed E-state index contributed by atoms with van der Waals surface area (Å²) in [5, 5.41) is 3.75. The fraction of sp³-hybridized carbons (Fsp3) is 1.00. The predicted molar refractivity (Wildman–Crippen MR) is 71.8 cm³/mol. The number of rotatable bonds is 3. The van der Waals surface area contributed by atoms with E-state index in [9.17, 15) is 0 Å². The van der Waals surface area contributed by atoms with E-state index >= 15 is 0 Å². The molecule has 0 aliphatic carbocycles. The second-order valence-electron chi connectivity index (χ2n) is 7.41. The van der Waals surface area contributed by atoms with E-state index in [0.717, 1.165) is 13.0 Å². The Morgan fingerprint density at radius 3 is 2.06 bits per heavy atom. The molecule has 4 heteroatoms. The first-order chi connectivity index (χ1) is 8.12. The van der Waals surface area contributed by atoms with Crippen LogP contribution in [0.4, 0.5) is 0 Å². The highest BCUT2D eigenvalue weighted by atomic mass is 17.4. The van der Waals surface area contributed by atoms with Gasteiger partial charge in [-0.15, -0.1) is 0 Å². The molecule has 0 saturated carbocycles. The molecule has 2 aliphatic rings. The van der Waals surface area contributed by atoms with Gasteiger partial charge in [0.05, 0.1) is 5.54 Å². The van der Waals surface area contributed by atoms with Gasteiger partial charge in [-0.2, -0.15) is 9.78 Å². The van der Waals surface area contributed by atoms with Crippen LogP contribution >= 0.6 is 0 Å². The predicted octanol–water partition coefficient (Wildman–Crippen LogP) is 2.50. The van der Waals surface area contributed by atoms with Crippen LogP contribution in [0.25, 0.3) is 0 Å². The molecule has 0 radical (unpaired) electrons. The molecular formula is C14H28N2O2. The lowest BCUT2D eigenvalue weighted by Gasteiger charge is -2.53. The Morgan fingerprint density at radius 2 is 1.67 bits per heavy atom. The zero-order valence-electron chi connectivity index (χ0n) is 12.8. The smallest absolute Gasteiger partial charge is 0.299 e. The fourth-order valence-corrected chi connectivity index (χ4v) is 3.55. The Bertz CT molecular complexity index is 324. The Kier molecular flexibility index (Phi) is 3.30. The molecule has 2 rings (SSSR count). The third-order valence-electron chi connectivity index (χ3n) is 3.94. The monoisotopic (exact) mass is 256 g/mol. The molecular weight excluding hydrogens is 228 g/mol. The molecule has 2 saturated heterocycles. The van der Waals surface area contributed by atoms with Crippen LogP contribution in [0.15, 0.2) is 0 Å². The lowest BCUT2D eigenvalue weighted by molar-refractivity contribution is -0.100. The summed E-state index contributed by atoms with van der Waals surface area (Å²) in [6.45, 7) is 16.5. The number of nitrogens with zero attached hydrogens (tertiary/aromatic N) is 1. The second-order valence-corrected chi connectivity index (χ2v) is 7.41. The molecule has 106 valence electrons. The average Bonchev–Trinajstić information content (AvgIpc) is 2.90. The van der Waals surface area contributed by atoms with Gasteiger partial charge in [-0.25, -0.2) is 4.90 Å². The van der Waals surface area contributed by atoms with E-state index in [1.54, 1.807) is 0 Å². The molecule has 2 heterocycles. The zero-order chi connectivity index (χ0) is 13.8. The highest BCUT2D eigenvalue weighted by Crippen LogP contribution is 2.50. The minimum atomic E-state index is -0.568. The molecule has 1 atom stereocenters. The van der Waals surface area contributed by atoms with Gasteiger partial charge in [-0.05, 0) is 47.0 Å². The van der Waals surface area contributed by atoms with Crippen molar-refractivity contribution < 1.29 is 9.78 Å². The van der Waals surface area contributed by atoms with Crippen molar-refractivity contribution in [1.29, 1.82) is 0 Å². The minimum absolute atomic E-state index is 0.0640. The van der Waals surface area contributed by atoms with Crippen molar-refractivity contribution in [3.05, 3.63) is 0 Å². The molecule has 2 fully saturated rings.